The van der Waals surface area contributed by atoms with Crippen molar-refractivity contribution in [1.29, 1.82) is 0 Å². The van der Waals surface area contributed by atoms with Gasteiger partial charge in [0.2, 0.25) is 6.10 Å². The minimum absolute atomic E-state index is 0.279. The van der Waals surface area contributed by atoms with Crippen molar-refractivity contribution in [1.82, 2.24) is 0 Å². The van der Waals surface area contributed by atoms with Crippen LogP contribution in [-0.4, -0.2) is 29.8 Å². The second kappa shape index (κ2) is 3.67. The topological polar surface area (TPSA) is 116 Å². The third-order valence-electron chi connectivity index (χ3n) is 0.748. The monoisotopic (exact) mass is 148 g/mol. The highest BCUT2D eigenvalue weighted by Gasteiger charge is 2.18. The summed E-state index contributed by atoms with van der Waals surface area (Å²) in [5.74, 6) is -1.30. The van der Waals surface area contributed by atoms with Crippen LogP contribution in [-0.2, 0) is 9.53 Å². The zero-order chi connectivity index (χ0) is 8.15. The first-order valence-corrected chi connectivity index (χ1v) is 2.47. The number of aliphatic carboxylic acids is 1. The van der Waals surface area contributed by atoms with Crippen molar-refractivity contribution < 1.29 is 19.4 Å². The minimum Gasteiger partial charge on any atom is -0.478 e. The zero-order valence-electron chi connectivity index (χ0n) is 5.11. The molecule has 0 spiro atoms. The van der Waals surface area contributed by atoms with Crippen LogP contribution in [0.1, 0.15) is 0 Å². The largest absolute Gasteiger partial charge is 0.478 e. The lowest BCUT2D eigenvalue weighted by Crippen LogP contribution is -2.35. The molecule has 6 heteroatoms. The maximum Gasteiger partial charge on any atom is 0.405 e. The molecule has 0 saturated heterocycles. The average Bonchev–Trinajstić information content (AvgIpc) is 1.81. The van der Waals surface area contributed by atoms with Gasteiger partial charge in [-0.15, -0.1) is 0 Å². The number of hydrogen-bond donors (Lipinski definition) is 3. The average molecular weight is 148 g/mol. The third kappa shape index (κ3) is 2.88. The Bertz CT molecular complexity index is 146. The van der Waals surface area contributed by atoms with Crippen molar-refractivity contribution in [3.05, 3.63) is 0 Å². The number of hydrogen-bond acceptors (Lipinski definition) is 4. The lowest BCUT2D eigenvalue weighted by Gasteiger charge is -2.07. The van der Waals surface area contributed by atoms with Crippen LogP contribution in [0.15, 0.2) is 0 Å². The molecule has 1 unspecified atom stereocenters. The summed E-state index contributed by atoms with van der Waals surface area (Å²) in [7, 11) is 0. The molecule has 10 heavy (non-hydrogen) atoms. The van der Waals surface area contributed by atoms with Crippen LogP contribution in [0.25, 0.3) is 0 Å². The number of primary amides is 1. The molecular weight excluding hydrogens is 140 g/mol. The van der Waals surface area contributed by atoms with Gasteiger partial charge in [0, 0.05) is 6.54 Å². The molecule has 0 saturated carbocycles. The van der Waals surface area contributed by atoms with Gasteiger partial charge in [-0.1, -0.05) is 0 Å². The number of carbonyl (C=O) groups excluding carboxylic acids is 1. The molecule has 5 N–H and O–H groups in total. The highest BCUT2D eigenvalue weighted by molar-refractivity contribution is 5.76. The summed E-state index contributed by atoms with van der Waals surface area (Å²) in [5, 5.41) is 8.21. The fraction of sp³-hybridized carbons (Fsp3) is 0.500. The maximum atomic E-state index is 10.1. The molecule has 0 aliphatic carbocycles. The van der Waals surface area contributed by atoms with Gasteiger partial charge in [0.1, 0.15) is 0 Å². The molecule has 0 heterocycles. The van der Waals surface area contributed by atoms with E-state index in [0.29, 0.717) is 0 Å². The van der Waals surface area contributed by atoms with E-state index in [2.05, 4.69) is 10.5 Å². The molecule has 6 nitrogen and oxygen atoms in total. The Morgan fingerprint density at radius 3 is 2.20 bits per heavy atom. The Kier molecular flexibility index (Phi) is 3.20. The normalized spacial score (nSPS) is 12.1. The summed E-state index contributed by atoms with van der Waals surface area (Å²) in [5.41, 5.74) is 9.44. The number of carboxylic acids is 1. The SMILES string of the molecule is NCC(OC(N)=O)C(=O)O. The Morgan fingerprint density at radius 2 is 2.10 bits per heavy atom. The number of nitrogens with two attached hydrogens (primary N) is 2. The maximum absolute atomic E-state index is 10.1. The summed E-state index contributed by atoms with van der Waals surface area (Å²) >= 11 is 0. The number of carbonyl (C=O) groups is 2. The van der Waals surface area contributed by atoms with Crippen molar-refractivity contribution in [2.45, 2.75) is 6.10 Å². The Balaban J connectivity index is 3.83. The van der Waals surface area contributed by atoms with Crippen LogP contribution in [0.5, 0.6) is 0 Å². The van der Waals surface area contributed by atoms with E-state index in [0.717, 1.165) is 0 Å². The lowest BCUT2D eigenvalue weighted by molar-refractivity contribution is -0.146. The molecular formula is C4H8N2O4. The van der Waals surface area contributed by atoms with E-state index in [-0.39, 0.29) is 6.54 Å². The van der Waals surface area contributed by atoms with Crippen LogP contribution in [0.2, 0.25) is 0 Å². The fourth-order valence-electron chi connectivity index (χ4n) is 0.340. The zero-order valence-corrected chi connectivity index (χ0v) is 5.11. The van der Waals surface area contributed by atoms with Crippen molar-refractivity contribution >= 4 is 12.1 Å². The molecule has 0 aliphatic rings. The van der Waals surface area contributed by atoms with Gasteiger partial charge >= 0.3 is 12.1 Å². The highest BCUT2D eigenvalue weighted by Crippen LogP contribution is 1.88. The van der Waals surface area contributed by atoms with Gasteiger partial charge in [0.05, 0.1) is 0 Å². The predicted octanol–water partition coefficient (Wildman–Crippen LogP) is -1.51. The van der Waals surface area contributed by atoms with E-state index in [4.69, 9.17) is 10.8 Å². The molecule has 0 aliphatic heterocycles. The molecule has 1 atom stereocenters. The van der Waals surface area contributed by atoms with Gasteiger partial charge in [0.15, 0.2) is 0 Å². The lowest BCUT2D eigenvalue weighted by atomic mass is 10.4. The summed E-state index contributed by atoms with van der Waals surface area (Å²) in [4.78, 5) is 20.0. The van der Waals surface area contributed by atoms with E-state index in [1.54, 1.807) is 0 Å². The third-order valence-corrected chi connectivity index (χ3v) is 0.748. The Morgan fingerprint density at radius 1 is 1.60 bits per heavy atom. The summed E-state index contributed by atoms with van der Waals surface area (Å²) in [6, 6.07) is 0. The van der Waals surface area contributed by atoms with E-state index >= 15 is 0 Å². The summed E-state index contributed by atoms with van der Waals surface area (Å²) in [6.45, 7) is -0.279. The van der Waals surface area contributed by atoms with E-state index in [9.17, 15) is 9.59 Å². The van der Waals surface area contributed by atoms with Gasteiger partial charge in [-0.2, -0.15) is 0 Å². The standard InChI is InChI=1S/C4H8N2O4/c5-1-2(3(7)8)10-4(6)9/h2H,1,5H2,(H2,6,9)(H,7,8). The van der Waals surface area contributed by atoms with Crippen molar-refractivity contribution in [3.8, 4) is 0 Å². The van der Waals surface area contributed by atoms with Gasteiger partial charge in [-0.25, -0.2) is 9.59 Å². The van der Waals surface area contributed by atoms with Crippen LogP contribution in [0.4, 0.5) is 4.79 Å². The molecule has 58 valence electrons. The number of ether oxygens (including phenoxy) is 1. The Labute approximate surface area is 56.7 Å². The van der Waals surface area contributed by atoms with Gasteiger partial charge < -0.3 is 21.3 Å². The molecule has 0 aromatic rings. The fourth-order valence-corrected chi connectivity index (χ4v) is 0.340. The van der Waals surface area contributed by atoms with E-state index in [1.807, 2.05) is 0 Å². The molecule has 1 amide bonds. The minimum atomic E-state index is -1.34. The quantitative estimate of drug-likeness (QED) is 0.450. The van der Waals surface area contributed by atoms with Crippen molar-refractivity contribution in [3.63, 3.8) is 0 Å². The van der Waals surface area contributed by atoms with Gasteiger partial charge in [-0.3, -0.25) is 0 Å². The Hall–Kier alpha value is -1.30. The first-order valence-electron chi connectivity index (χ1n) is 2.47. The second-order valence-corrected chi connectivity index (χ2v) is 1.50. The first-order chi connectivity index (χ1) is 4.57. The molecule has 0 rings (SSSR count). The number of carboxylic acid groups (broad SMARTS) is 1. The van der Waals surface area contributed by atoms with Gasteiger partial charge in [0.25, 0.3) is 0 Å². The van der Waals surface area contributed by atoms with Crippen LogP contribution >= 0.6 is 0 Å². The summed E-state index contributed by atoms with van der Waals surface area (Å²) < 4.78 is 4.08. The van der Waals surface area contributed by atoms with Crippen molar-refractivity contribution in [2.24, 2.45) is 11.5 Å². The smallest absolute Gasteiger partial charge is 0.405 e. The van der Waals surface area contributed by atoms with E-state index in [1.165, 1.54) is 0 Å². The van der Waals surface area contributed by atoms with Crippen LogP contribution < -0.4 is 11.5 Å². The first kappa shape index (κ1) is 8.70. The van der Waals surface area contributed by atoms with Crippen LogP contribution in [0, 0.1) is 0 Å². The van der Waals surface area contributed by atoms with E-state index < -0.39 is 18.2 Å². The highest BCUT2D eigenvalue weighted by atomic mass is 16.6. The van der Waals surface area contributed by atoms with Crippen molar-refractivity contribution in [2.75, 3.05) is 6.54 Å². The predicted molar refractivity (Wildman–Crippen MR) is 31.1 cm³/mol. The molecule has 0 radical (unpaired) electrons. The molecule has 0 aromatic heterocycles. The summed E-state index contributed by atoms with van der Waals surface area (Å²) in [6.07, 6.45) is -2.48. The molecule has 0 fully saturated rings. The molecule has 0 bridgehead atoms. The van der Waals surface area contributed by atoms with Gasteiger partial charge in [-0.05, 0) is 0 Å². The molecule has 0 aromatic carbocycles. The van der Waals surface area contributed by atoms with Crippen LogP contribution in [0.3, 0.4) is 0 Å². The number of amides is 1. The number of rotatable bonds is 3. The second-order valence-electron chi connectivity index (χ2n) is 1.50.